The molecule has 1 amide bonds. The summed E-state index contributed by atoms with van der Waals surface area (Å²) in [6.07, 6.45) is 7.76. The molecule has 0 saturated heterocycles. The van der Waals surface area contributed by atoms with Crippen LogP contribution in [-0.2, 0) is 5.54 Å². The van der Waals surface area contributed by atoms with Crippen molar-refractivity contribution in [1.82, 2.24) is 24.6 Å². The molecule has 4 aromatic rings. The first-order valence-electron chi connectivity index (χ1n) is 11.7. The molecule has 1 aliphatic heterocycles. The standard InChI is InChI=1S/C25H25FN8O/c1-25(2)19-4-3-10-27-22(19)23(35)34(25)18-7-8-20(28-14-18)29-16-5-6-17(13-16)30-24-31-21-12-15(26)9-11-33(21)32-24/h3-4,7-12,14,16-17H,5-6,13H2,1-2H3,(H,28,29)(H,30,32)/t16-,17-/m0/s1. The molecule has 0 spiro atoms. The molecule has 0 bridgehead atoms. The van der Waals surface area contributed by atoms with Crippen molar-refractivity contribution in [3.05, 3.63) is 72.1 Å². The number of nitrogens with one attached hydrogen (secondary N) is 2. The zero-order valence-corrected chi connectivity index (χ0v) is 19.4. The number of amides is 1. The van der Waals surface area contributed by atoms with Crippen LogP contribution < -0.4 is 15.5 Å². The second-order valence-electron chi connectivity index (χ2n) is 9.58. The van der Waals surface area contributed by atoms with Crippen molar-refractivity contribution in [1.29, 1.82) is 0 Å². The fourth-order valence-corrected chi connectivity index (χ4v) is 5.15. The fourth-order valence-electron chi connectivity index (χ4n) is 5.15. The quantitative estimate of drug-likeness (QED) is 0.453. The molecular formula is C25H25FN8O. The van der Waals surface area contributed by atoms with Crippen LogP contribution in [-0.4, -0.2) is 42.6 Å². The van der Waals surface area contributed by atoms with Gasteiger partial charge in [0.2, 0.25) is 5.95 Å². The molecule has 0 unspecified atom stereocenters. The summed E-state index contributed by atoms with van der Waals surface area (Å²) in [6, 6.07) is 10.8. The van der Waals surface area contributed by atoms with Crippen molar-refractivity contribution >= 4 is 29.0 Å². The maximum Gasteiger partial charge on any atom is 0.278 e. The van der Waals surface area contributed by atoms with Gasteiger partial charge in [0.1, 0.15) is 17.3 Å². The molecule has 1 fully saturated rings. The third-order valence-corrected chi connectivity index (χ3v) is 6.86. The second-order valence-corrected chi connectivity index (χ2v) is 9.58. The zero-order valence-electron chi connectivity index (χ0n) is 19.4. The minimum atomic E-state index is -0.501. The third-order valence-electron chi connectivity index (χ3n) is 6.86. The highest BCUT2D eigenvalue weighted by Gasteiger charge is 2.44. The van der Waals surface area contributed by atoms with E-state index in [1.54, 1.807) is 28.0 Å². The van der Waals surface area contributed by atoms with Gasteiger partial charge in [0.25, 0.3) is 5.91 Å². The van der Waals surface area contributed by atoms with E-state index in [-0.39, 0.29) is 23.8 Å². The lowest BCUT2D eigenvalue weighted by atomic mass is 9.96. The summed E-state index contributed by atoms with van der Waals surface area (Å²) < 4.78 is 15.0. The summed E-state index contributed by atoms with van der Waals surface area (Å²) in [7, 11) is 0. The molecule has 178 valence electrons. The van der Waals surface area contributed by atoms with E-state index in [1.165, 1.54) is 12.1 Å². The highest BCUT2D eigenvalue weighted by atomic mass is 19.1. The highest BCUT2D eigenvalue weighted by molar-refractivity contribution is 6.10. The van der Waals surface area contributed by atoms with Gasteiger partial charge in [-0.2, -0.15) is 4.98 Å². The predicted molar refractivity (Wildman–Crippen MR) is 130 cm³/mol. The van der Waals surface area contributed by atoms with Crippen LogP contribution in [0.1, 0.15) is 49.2 Å². The lowest BCUT2D eigenvalue weighted by molar-refractivity contribution is 0.0978. The summed E-state index contributed by atoms with van der Waals surface area (Å²) >= 11 is 0. The minimum Gasteiger partial charge on any atom is -0.367 e. The van der Waals surface area contributed by atoms with Gasteiger partial charge in [-0.3, -0.25) is 14.7 Å². The van der Waals surface area contributed by atoms with E-state index in [2.05, 4.69) is 30.7 Å². The molecule has 10 heteroatoms. The third kappa shape index (κ3) is 3.74. The first-order chi connectivity index (χ1) is 16.9. The molecule has 2 N–H and O–H groups in total. The van der Waals surface area contributed by atoms with Gasteiger partial charge in [-0.15, -0.1) is 5.10 Å². The Bertz CT molecular complexity index is 1420. The topological polar surface area (TPSA) is 100 Å². The summed E-state index contributed by atoms with van der Waals surface area (Å²) in [5, 5.41) is 11.2. The van der Waals surface area contributed by atoms with Crippen molar-refractivity contribution < 1.29 is 9.18 Å². The number of nitrogens with zero attached hydrogens (tertiary/aromatic N) is 6. The molecule has 5 heterocycles. The Morgan fingerprint density at radius 2 is 1.91 bits per heavy atom. The Morgan fingerprint density at radius 3 is 2.69 bits per heavy atom. The lowest BCUT2D eigenvalue weighted by Gasteiger charge is -2.32. The van der Waals surface area contributed by atoms with Crippen molar-refractivity contribution in [2.75, 3.05) is 15.5 Å². The van der Waals surface area contributed by atoms with Crippen LogP contribution in [0.3, 0.4) is 0 Å². The average Bonchev–Trinajstić information content (AvgIpc) is 3.50. The van der Waals surface area contributed by atoms with Crippen LogP contribution in [0, 0.1) is 5.82 Å². The Balaban J connectivity index is 1.10. The fraction of sp³-hybridized carbons (Fsp3) is 0.320. The van der Waals surface area contributed by atoms with Gasteiger partial charge in [-0.05, 0) is 57.4 Å². The van der Waals surface area contributed by atoms with Crippen molar-refractivity contribution in [2.45, 2.75) is 50.7 Å². The number of anilines is 3. The largest absolute Gasteiger partial charge is 0.367 e. The SMILES string of the molecule is CC1(C)c2cccnc2C(=O)N1c1ccc(N[C@H]2CC[C@H](Nc3nc4cc(F)ccn4n3)C2)nc1. The van der Waals surface area contributed by atoms with E-state index in [4.69, 9.17) is 0 Å². The number of rotatable bonds is 5. The van der Waals surface area contributed by atoms with E-state index in [0.29, 0.717) is 17.3 Å². The van der Waals surface area contributed by atoms with E-state index >= 15 is 0 Å². The van der Waals surface area contributed by atoms with Gasteiger partial charge in [-0.25, -0.2) is 13.9 Å². The van der Waals surface area contributed by atoms with E-state index < -0.39 is 5.54 Å². The number of carbonyl (C=O) groups is 1. The number of pyridine rings is 3. The lowest BCUT2D eigenvalue weighted by Crippen LogP contribution is -2.39. The van der Waals surface area contributed by atoms with E-state index in [1.807, 2.05) is 38.1 Å². The van der Waals surface area contributed by atoms with Gasteiger partial charge < -0.3 is 10.6 Å². The predicted octanol–water partition coefficient (Wildman–Crippen LogP) is 4.00. The number of hydrogen-bond donors (Lipinski definition) is 2. The molecule has 1 saturated carbocycles. The van der Waals surface area contributed by atoms with Gasteiger partial charge in [0.05, 0.1) is 17.4 Å². The highest BCUT2D eigenvalue weighted by Crippen LogP contribution is 2.40. The molecule has 6 rings (SSSR count). The first-order valence-corrected chi connectivity index (χ1v) is 11.7. The van der Waals surface area contributed by atoms with Gasteiger partial charge in [-0.1, -0.05) is 6.07 Å². The molecule has 0 aromatic carbocycles. The average molecular weight is 473 g/mol. The van der Waals surface area contributed by atoms with Crippen molar-refractivity contribution in [2.24, 2.45) is 0 Å². The number of hydrogen-bond acceptors (Lipinski definition) is 7. The number of carbonyl (C=O) groups excluding carboxylic acids is 1. The monoisotopic (exact) mass is 472 g/mol. The summed E-state index contributed by atoms with van der Waals surface area (Å²) in [5.41, 5.74) is 2.13. The maximum absolute atomic E-state index is 13.4. The maximum atomic E-state index is 13.4. The molecule has 2 aliphatic rings. The Kier molecular flexibility index (Phi) is 4.91. The first kappa shape index (κ1) is 21.5. The summed E-state index contributed by atoms with van der Waals surface area (Å²) in [6.45, 7) is 4.04. The van der Waals surface area contributed by atoms with E-state index in [9.17, 15) is 9.18 Å². The number of fused-ring (bicyclic) bond motifs is 2. The number of aromatic nitrogens is 5. The molecule has 2 atom stereocenters. The Hall–Kier alpha value is -4.08. The Morgan fingerprint density at radius 1 is 1.09 bits per heavy atom. The normalized spacial score (nSPS) is 20.9. The molecule has 35 heavy (non-hydrogen) atoms. The molecular weight excluding hydrogens is 447 g/mol. The second kappa shape index (κ2) is 8.00. The summed E-state index contributed by atoms with van der Waals surface area (Å²) in [4.78, 5) is 28.0. The van der Waals surface area contributed by atoms with Crippen LogP contribution in [0.25, 0.3) is 5.65 Å². The van der Waals surface area contributed by atoms with Crippen LogP contribution >= 0.6 is 0 Å². The minimum absolute atomic E-state index is 0.110. The van der Waals surface area contributed by atoms with Crippen LogP contribution in [0.2, 0.25) is 0 Å². The van der Waals surface area contributed by atoms with Gasteiger partial charge in [0, 0.05) is 36.1 Å². The molecule has 9 nitrogen and oxygen atoms in total. The number of halogens is 1. The van der Waals surface area contributed by atoms with Crippen molar-refractivity contribution in [3.63, 3.8) is 0 Å². The van der Waals surface area contributed by atoms with Crippen molar-refractivity contribution in [3.8, 4) is 0 Å². The van der Waals surface area contributed by atoms with Crippen LogP contribution in [0.4, 0.5) is 21.8 Å². The molecule has 4 aromatic heterocycles. The molecule has 1 aliphatic carbocycles. The van der Waals surface area contributed by atoms with Crippen LogP contribution in [0.15, 0.2) is 55.0 Å². The smallest absolute Gasteiger partial charge is 0.278 e. The van der Waals surface area contributed by atoms with Crippen LogP contribution in [0.5, 0.6) is 0 Å². The zero-order chi connectivity index (χ0) is 24.2. The van der Waals surface area contributed by atoms with E-state index in [0.717, 1.165) is 36.3 Å². The molecule has 0 radical (unpaired) electrons. The Labute approximate surface area is 201 Å². The summed E-state index contributed by atoms with van der Waals surface area (Å²) in [5.74, 6) is 0.818. The van der Waals surface area contributed by atoms with Gasteiger partial charge >= 0.3 is 0 Å². The van der Waals surface area contributed by atoms with Gasteiger partial charge in [0.15, 0.2) is 5.65 Å².